The van der Waals surface area contributed by atoms with Crippen molar-refractivity contribution in [3.05, 3.63) is 193 Å². The summed E-state index contributed by atoms with van der Waals surface area (Å²) in [7, 11) is 6.03. The minimum absolute atomic E-state index is 0.362. The molecule has 91 heavy (non-hydrogen) atoms. The number of benzene rings is 5. The molecule has 458 valence electrons. The van der Waals surface area contributed by atoms with Gasteiger partial charge in [0.05, 0.1) is 52.2 Å². The predicted octanol–water partition coefficient (Wildman–Crippen LogP) is 13.1. The van der Waals surface area contributed by atoms with Crippen molar-refractivity contribution in [3.8, 4) is 67.5 Å². The standard InChI is InChI=1S/C71H70F2N18/c1-89(2)19-17-80-56-25-50(23-54(72)29-56)61-40-79-42-64-67(61)85-71(83-64)69-59-28-49(53-22-47(36-77-38-53)34-74-31-44-9-5-4-6-10-44)14-16-65(59)91(88-69)43-90(3)20-18-81-57-26-51(24-55(73)30-57)60-39-78-41-63-66(60)84-70(82-63)68-58-27-48(13-15-62(58)86-87-68)52-21-46(35-76-37-52)33-75-32-45-11-7-8-12-45/h4-6,9-10,13-16,21-30,35-42,45,74-75,80-81H,7-8,11-12,17-20,31-34,43H2,1-3H3,(H,82,84)(H,83,85)(H,86,87). The van der Waals surface area contributed by atoms with E-state index in [0.717, 1.165) is 87.3 Å². The van der Waals surface area contributed by atoms with Crippen molar-refractivity contribution in [2.45, 2.75) is 52.0 Å². The van der Waals surface area contributed by atoms with Crippen LogP contribution in [-0.4, -0.2) is 124 Å². The summed E-state index contributed by atoms with van der Waals surface area (Å²) < 4.78 is 33.1. The Bertz CT molecular complexity index is 4720. The van der Waals surface area contributed by atoms with Crippen LogP contribution >= 0.6 is 0 Å². The molecular weight excluding hydrogens is 1140 g/mol. The smallest absolute Gasteiger partial charge is 0.159 e. The van der Waals surface area contributed by atoms with Gasteiger partial charge in [-0.05, 0) is 158 Å². The second-order valence-corrected chi connectivity index (χ2v) is 24.1. The fraction of sp³-hybridized carbons (Fsp3) is 0.239. The molecule has 1 aliphatic carbocycles. The molecule has 7 N–H and O–H groups in total. The Morgan fingerprint density at radius 3 is 1.76 bits per heavy atom. The number of nitrogens with zero attached hydrogens (tertiary/aromatic N) is 11. The number of halogens is 2. The summed E-state index contributed by atoms with van der Waals surface area (Å²) in [6.45, 7) is 6.13. The summed E-state index contributed by atoms with van der Waals surface area (Å²) in [6.07, 6.45) is 19.8. The van der Waals surface area contributed by atoms with E-state index in [0.29, 0.717) is 112 Å². The summed E-state index contributed by atoms with van der Waals surface area (Å²) in [4.78, 5) is 39.9. The van der Waals surface area contributed by atoms with Crippen molar-refractivity contribution in [1.82, 2.24) is 80.3 Å². The van der Waals surface area contributed by atoms with E-state index in [4.69, 9.17) is 20.2 Å². The summed E-state index contributed by atoms with van der Waals surface area (Å²) >= 11 is 0. The van der Waals surface area contributed by atoms with E-state index in [1.54, 1.807) is 24.8 Å². The molecule has 1 saturated carbocycles. The molecule has 0 atom stereocenters. The zero-order valence-electron chi connectivity index (χ0n) is 51.0. The fourth-order valence-corrected chi connectivity index (χ4v) is 12.4. The Labute approximate surface area is 525 Å². The minimum atomic E-state index is -0.394. The average Bonchev–Trinajstić information content (AvgIpc) is 1.67. The van der Waals surface area contributed by atoms with E-state index < -0.39 is 5.82 Å². The van der Waals surface area contributed by atoms with Gasteiger partial charge in [0.25, 0.3) is 0 Å². The summed E-state index contributed by atoms with van der Waals surface area (Å²) in [5, 5.41) is 29.0. The molecule has 1 aliphatic rings. The quantitative estimate of drug-likeness (QED) is 0.0300. The van der Waals surface area contributed by atoms with Gasteiger partial charge in [0.15, 0.2) is 11.6 Å². The Morgan fingerprint density at radius 1 is 0.527 bits per heavy atom. The third-order valence-electron chi connectivity index (χ3n) is 17.0. The van der Waals surface area contributed by atoms with Gasteiger partial charge in [-0.25, -0.2) is 23.4 Å². The molecule has 13 aromatic rings. The molecule has 0 spiro atoms. The number of likely N-dealkylation sites (N-methyl/N-ethyl adjacent to an activating group) is 2. The van der Waals surface area contributed by atoms with Crippen LogP contribution in [0.5, 0.6) is 0 Å². The zero-order valence-corrected chi connectivity index (χ0v) is 51.0. The van der Waals surface area contributed by atoms with Crippen LogP contribution in [0.2, 0.25) is 0 Å². The molecule has 8 heterocycles. The number of aromatic amines is 3. The zero-order chi connectivity index (χ0) is 61.8. The number of imidazole rings is 2. The first kappa shape index (κ1) is 58.6. The van der Waals surface area contributed by atoms with Crippen LogP contribution in [0.4, 0.5) is 20.2 Å². The fourth-order valence-electron chi connectivity index (χ4n) is 12.4. The molecular formula is C71H70F2N18. The highest BCUT2D eigenvalue weighted by molar-refractivity contribution is 6.00. The van der Waals surface area contributed by atoms with E-state index in [9.17, 15) is 0 Å². The van der Waals surface area contributed by atoms with E-state index in [1.165, 1.54) is 55.5 Å². The SMILES string of the molecule is CN(C)CCNc1cc(F)cc(-c2cncc3[nH]c(-c4nn(CN(C)CCNc5cc(F)cc(-c6cncc7[nH]c(-c8n[nH]c9ccc(-c%10cncc(CNCC%11CCCC%11)c%10)cc89)nc67)c5)c5ccc(-c6cncc(CNCc7ccccc7)c6)cc45)nc23)c1. The van der Waals surface area contributed by atoms with Crippen LogP contribution < -0.4 is 21.3 Å². The van der Waals surface area contributed by atoms with Crippen LogP contribution in [0.15, 0.2) is 165 Å². The Balaban J connectivity index is 0.702. The Morgan fingerprint density at radius 2 is 1.11 bits per heavy atom. The predicted molar refractivity (Wildman–Crippen MR) is 358 cm³/mol. The number of H-pyrrole nitrogens is 3. The third-order valence-corrected chi connectivity index (χ3v) is 17.0. The van der Waals surface area contributed by atoms with E-state index >= 15 is 8.78 Å². The van der Waals surface area contributed by atoms with Gasteiger partial charge < -0.3 is 36.1 Å². The molecule has 8 aromatic heterocycles. The molecule has 0 amide bonds. The van der Waals surface area contributed by atoms with Gasteiger partial charge in [0.2, 0.25) is 0 Å². The summed E-state index contributed by atoms with van der Waals surface area (Å²) in [5.41, 5.74) is 17.1. The highest BCUT2D eigenvalue weighted by Crippen LogP contribution is 2.37. The number of aromatic nitrogens is 12. The second kappa shape index (κ2) is 26.1. The first-order valence-corrected chi connectivity index (χ1v) is 31.0. The number of hydrogen-bond acceptors (Lipinski definition) is 14. The molecule has 0 radical (unpaired) electrons. The van der Waals surface area contributed by atoms with Crippen LogP contribution in [0.1, 0.15) is 42.4 Å². The molecule has 14 rings (SSSR count). The largest absolute Gasteiger partial charge is 0.384 e. The van der Waals surface area contributed by atoms with Gasteiger partial charge in [-0.3, -0.25) is 29.9 Å². The number of rotatable bonds is 24. The van der Waals surface area contributed by atoms with Gasteiger partial charge >= 0.3 is 0 Å². The highest BCUT2D eigenvalue weighted by atomic mass is 19.1. The van der Waals surface area contributed by atoms with Crippen LogP contribution in [0.3, 0.4) is 0 Å². The van der Waals surface area contributed by atoms with Gasteiger partial charge in [-0.1, -0.05) is 55.3 Å². The van der Waals surface area contributed by atoms with Gasteiger partial charge in [0.1, 0.15) is 23.0 Å². The van der Waals surface area contributed by atoms with Crippen LogP contribution in [0, 0.1) is 17.6 Å². The van der Waals surface area contributed by atoms with Crippen molar-refractivity contribution in [2.24, 2.45) is 5.92 Å². The number of fused-ring (bicyclic) bond motifs is 4. The lowest BCUT2D eigenvalue weighted by atomic mass is 10.0. The molecule has 5 aromatic carbocycles. The van der Waals surface area contributed by atoms with Crippen LogP contribution in [-0.2, 0) is 26.3 Å². The monoisotopic (exact) mass is 1210 g/mol. The minimum Gasteiger partial charge on any atom is -0.384 e. The molecule has 0 saturated heterocycles. The Kier molecular flexibility index (Phi) is 16.8. The average molecular weight is 1210 g/mol. The van der Waals surface area contributed by atoms with E-state index in [1.807, 2.05) is 87.0 Å². The topological polar surface area (TPSA) is 210 Å². The lowest BCUT2D eigenvalue weighted by Gasteiger charge is -2.18. The molecule has 0 unspecified atom stereocenters. The first-order chi connectivity index (χ1) is 44.6. The first-order valence-electron chi connectivity index (χ1n) is 31.0. The van der Waals surface area contributed by atoms with Gasteiger partial charge in [-0.15, -0.1) is 0 Å². The number of hydrogen-bond donors (Lipinski definition) is 7. The maximum absolute atomic E-state index is 15.8. The van der Waals surface area contributed by atoms with E-state index in [2.05, 4.69) is 121 Å². The summed E-state index contributed by atoms with van der Waals surface area (Å²) in [5.74, 6) is 1.12. The highest BCUT2D eigenvalue weighted by Gasteiger charge is 2.22. The molecule has 0 bridgehead atoms. The van der Waals surface area contributed by atoms with Crippen molar-refractivity contribution in [2.75, 3.05) is 64.5 Å². The maximum Gasteiger partial charge on any atom is 0.159 e. The number of nitrogens with one attached hydrogen (secondary N) is 7. The summed E-state index contributed by atoms with van der Waals surface area (Å²) in [6, 6.07) is 37.2. The molecule has 0 aliphatic heterocycles. The van der Waals surface area contributed by atoms with Gasteiger partial charge in [-0.2, -0.15) is 10.2 Å². The van der Waals surface area contributed by atoms with Crippen LogP contribution in [0.25, 0.3) is 111 Å². The molecule has 18 nitrogen and oxygen atoms in total. The van der Waals surface area contributed by atoms with Gasteiger partial charge in [0, 0.05) is 127 Å². The molecule has 20 heteroatoms. The van der Waals surface area contributed by atoms with E-state index in [-0.39, 0.29) is 5.82 Å². The Hall–Kier alpha value is -10.1. The van der Waals surface area contributed by atoms with Crippen molar-refractivity contribution in [3.63, 3.8) is 0 Å². The lowest BCUT2D eigenvalue weighted by Crippen LogP contribution is -2.28. The second-order valence-electron chi connectivity index (χ2n) is 24.1. The lowest BCUT2D eigenvalue weighted by molar-refractivity contribution is 0.269. The van der Waals surface area contributed by atoms with Crippen molar-refractivity contribution >= 4 is 55.2 Å². The number of pyridine rings is 4. The normalized spacial score (nSPS) is 12.9. The van der Waals surface area contributed by atoms with Crippen molar-refractivity contribution < 1.29 is 8.78 Å². The maximum atomic E-state index is 15.8. The van der Waals surface area contributed by atoms with Crippen molar-refractivity contribution in [1.29, 1.82) is 0 Å². The number of anilines is 2. The molecule has 1 fully saturated rings. The third kappa shape index (κ3) is 13.2.